The standard InChI is InChI=1S/C19H28N4O2/c1-6-15-10-22(12-17(15)21(4)5)19(24)18-8-7-16(25-18)11-23-14(3)9-13(2)20-23/h7-9,15,17H,6,10-12H2,1-5H3/t15-,17+/m1/s1. The molecule has 3 heterocycles. The van der Waals surface area contributed by atoms with Gasteiger partial charge in [0.15, 0.2) is 5.76 Å². The highest BCUT2D eigenvalue weighted by Gasteiger charge is 2.36. The molecular formula is C19H28N4O2. The molecule has 6 nitrogen and oxygen atoms in total. The van der Waals surface area contributed by atoms with Gasteiger partial charge >= 0.3 is 0 Å². The van der Waals surface area contributed by atoms with Gasteiger partial charge in [0.2, 0.25) is 0 Å². The first-order valence-electron chi connectivity index (χ1n) is 8.94. The van der Waals surface area contributed by atoms with E-state index in [0.717, 1.165) is 36.7 Å². The number of hydrogen-bond acceptors (Lipinski definition) is 4. The Kier molecular flexibility index (Phi) is 4.99. The average molecular weight is 344 g/mol. The summed E-state index contributed by atoms with van der Waals surface area (Å²) >= 11 is 0. The van der Waals surface area contributed by atoms with Crippen LogP contribution in [0.2, 0.25) is 0 Å². The summed E-state index contributed by atoms with van der Waals surface area (Å²) in [5.41, 5.74) is 2.07. The van der Waals surface area contributed by atoms with Crippen molar-refractivity contribution in [2.75, 3.05) is 27.2 Å². The number of nitrogens with zero attached hydrogens (tertiary/aromatic N) is 4. The van der Waals surface area contributed by atoms with Crippen molar-refractivity contribution in [2.45, 2.75) is 39.8 Å². The van der Waals surface area contributed by atoms with Gasteiger partial charge in [-0.15, -0.1) is 0 Å². The van der Waals surface area contributed by atoms with Crippen molar-refractivity contribution < 1.29 is 9.21 Å². The molecule has 0 radical (unpaired) electrons. The number of aromatic nitrogens is 2. The van der Waals surface area contributed by atoms with Crippen LogP contribution in [0.15, 0.2) is 22.6 Å². The minimum Gasteiger partial charge on any atom is -0.454 e. The van der Waals surface area contributed by atoms with Crippen LogP contribution in [0.3, 0.4) is 0 Å². The Balaban J connectivity index is 1.70. The number of amides is 1. The largest absolute Gasteiger partial charge is 0.454 e. The lowest BCUT2D eigenvalue weighted by Gasteiger charge is -2.23. The van der Waals surface area contributed by atoms with Crippen molar-refractivity contribution in [1.82, 2.24) is 19.6 Å². The predicted molar refractivity (Wildman–Crippen MR) is 96.7 cm³/mol. The zero-order valence-corrected chi connectivity index (χ0v) is 15.8. The van der Waals surface area contributed by atoms with Crippen molar-refractivity contribution in [2.24, 2.45) is 5.92 Å². The van der Waals surface area contributed by atoms with Crippen molar-refractivity contribution in [1.29, 1.82) is 0 Å². The van der Waals surface area contributed by atoms with Crippen LogP contribution >= 0.6 is 0 Å². The molecule has 2 atom stereocenters. The predicted octanol–water partition coefficient (Wildman–Crippen LogP) is 2.55. The quantitative estimate of drug-likeness (QED) is 0.836. The Bertz CT molecular complexity index is 746. The number of aryl methyl sites for hydroxylation is 2. The number of hydrogen-bond donors (Lipinski definition) is 0. The second-order valence-electron chi connectivity index (χ2n) is 7.26. The number of likely N-dealkylation sites (tertiary alicyclic amines) is 1. The number of likely N-dealkylation sites (N-methyl/N-ethyl adjacent to an activating group) is 1. The zero-order valence-electron chi connectivity index (χ0n) is 15.8. The topological polar surface area (TPSA) is 54.5 Å². The molecule has 1 aliphatic rings. The fraction of sp³-hybridized carbons (Fsp3) is 0.579. The molecule has 1 saturated heterocycles. The highest BCUT2D eigenvalue weighted by atomic mass is 16.4. The molecule has 0 spiro atoms. The maximum atomic E-state index is 12.8. The van der Waals surface area contributed by atoms with Crippen LogP contribution in [0.25, 0.3) is 0 Å². The van der Waals surface area contributed by atoms with E-state index < -0.39 is 0 Å². The van der Waals surface area contributed by atoms with Gasteiger partial charge in [-0.1, -0.05) is 13.3 Å². The number of furan rings is 1. The van der Waals surface area contributed by atoms with E-state index in [1.165, 1.54) is 0 Å². The van der Waals surface area contributed by atoms with Gasteiger partial charge in [-0.25, -0.2) is 0 Å². The highest BCUT2D eigenvalue weighted by Crippen LogP contribution is 2.25. The number of carbonyl (C=O) groups excluding carboxylic acids is 1. The van der Waals surface area contributed by atoms with Crippen LogP contribution in [0.5, 0.6) is 0 Å². The molecular weight excluding hydrogens is 316 g/mol. The van der Waals surface area contributed by atoms with Gasteiger partial charge in [-0.2, -0.15) is 5.10 Å². The van der Waals surface area contributed by atoms with Crippen molar-refractivity contribution in [3.8, 4) is 0 Å². The van der Waals surface area contributed by atoms with Gasteiger partial charge in [-0.05, 0) is 52.1 Å². The first kappa shape index (κ1) is 17.7. The third kappa shape index (κ3) is 3.63. The summed E-state index contributed by atoms with van der Waals surface area (Å²) in [4.78, 5) is 16.9. The Morgan fingerprint density at radius 2 is 2.08 bits per heavy atom. The Hall–Kier alpha value is -2.08. The molecule has 0 unspecified atom stereocenters. The maximum absolute atomic E-state index is 12.8. The van der Waals surface area contributed by atoms with Crippen LogP contribution in [0.4, 0.5) is 0 Å². The molecule has 2 aromatic heterocycles. The van der Waals surface area contributed by atoms with E-state index in [4.69, 9.17) is 4.42 Å². The van der Waals surface area contributed by atoms with E-state index in [-0.39, 0.29) is 5.91 Å². The molecule has 0 aliphatic carbocycles. The highest BCUT2D eigenvalue weighted by molar-refractivity contribution is 5.91. The summed E-state index contributed by atoms with van der Waals surface area (Å²) in [6.07, 6.45) is 1.08. The lowest BCUT2D eigenvalue weighted by atomic mass is 10.0. The molecule has 0 aromatic carbocycles. The smallest absolute Gasteiger partial charge is 0.289 e. The SMILES string of the molecule is CC[C@@H]1CN(C(=O)c2ccc(Cn3nc(C)cc3C)o2)C[C@@H]1N(C)C. The molecule has 0 saturated carbocycles. The van der Waals surface area contributed by atoms with Gasteiger partial charge in [0.05, 0.1) is 12.2 Å². The Labute approximate surface area is 149 Å². The normalized spacial score (nSPS) is 20.6. The lowest BCUT2D eigenvalue weighted by molar-refractivity contribution is 0.0747. The first-order valence-corrected chi connectivity index (χ1v) is 8.94. The molecule has 2 aromatic rings. The van der Waals surface area contributed by atoms with E-state index in [1.807, 2.05) is 35.6 Å². The molecule has 136 valence electrons. The fourth-order valence-electron chi connectivity index (χ4n) is 3.72. The van der Waals surface area contributed by atoms with Crippen LogP contribution < -0.4 is 0 Å². The summed E-state index contributed by atoms with van der Waals surface area (Å²) in [6.45, 7) is 8.29. The van der Waals surface area contributed by atoms with Gasteiger partial charge in [0, 0.05) is 24.8 Å². The average Bonchev–Trinajstić information content (AvgIpc) is 3.26. The lowest BCUT2D eigenvalue weighted by Crippen LogP contribution is -2.36. The fourth-order valence-corrected chi connectivity index (χ4v) is 3.72. The van der Waals surface area contributed by atoms with E-state index in [0.29, 0.717) is 24.3 Å². The second-order valence-corrected chi connectivity index (χ2v) is 7.26. The van der Waals surface area contributed by atoms with E-state index in [2.05, 4.69) is 31.0 Å². The first-order chi connectivity index (χ1) is 11.9. The number of carbonyl (C=O) groups is 1. The Morgan fingerprint density at radius 1 is 1.32 bits per heavy atom. The minimum absolute atomic E-state index is 0.0117. The summed E-state index contributed by atoms with van der Waals surface area (Å²) < 4.78 is 7.72. The minimum atomic E-state index is -0.0117. The molecule has 1 amide bonds. The number of rotatable bonds is 5. The summed E-state index contributed by atoms with van der Waals surface area (Å²) in [5.74, 6) is 1.68. The molecule has 0 N–H and O–H groups in total. The van der Waals surface area contributed by atoms with E-state index in [9.17, 15) is 4.79 Å². The van der Waals surface area contributed by atoms with Crippen molar-refractivity contribution in [3.05, 3.63) is 41.1 Å². The summed E-state index contributed by atoms with van der Waals surface area (Å²) in [7, 11) is 4.17. The molecule has 25 heavy (non-hydrogen) atoms. The van der Waals surface area contributed by atoms with Crippen LogP contribution in [-0.2, 0) is 6.54 Å². The van der Waals surface area contributed by atoms with Crippen LogP contribution in [0.1, 0.15) is 41.0 Å². The van der Waals surface area contributed by atoms with E-state index >= 15 is 0 Å². The molecule has 6 heteroatoms. The van der Waals surface area contributed by atoms with Crippen LogP contribution in [-0.4, -0.2) is 58.7 Å². The Morgan fingerprint density at radius 3 is 2.64 bits per heavy atom. The monoisotopic (exact) mass is 344 g/mol. The third-order valence-corrected chi connectivity index (χ3v) is 5.16. The van der Waals surface area contributed by atoms with Gasteiger partial charge in [-0.3, -0.25) is 9.48 Å². The molecule has 1 aliphatic heterocycles. The van der Waals surface area contributed by atoms with Crippen LogP contribution in [0, 0.1) is 19.8 Å². The van der Waals surface area contributed by atoms with Crippen molar-refractivity contribution in [3.63, 3.8) is 0 Å². The van der Waals surface area contributed by atoms with Gasteiger partial charge in [0.25, 0.3) is 5.91 Å². The van der Waals surface area contributed by atoms with Gasteiger partial charge in [0.1, 0.15) is 5.76 Å². The second kappa shape index (κ2) is 7.04. The van der Waals surface area contributed by atoms with Gasteiger partial charge < -0.3 is 14.2 Å². The summed E-state index contributed by atoms with van der Waals surface area (Å²) in [6, 6.07) is 6.11. The zero-order chi connectivity index (χ0) is 18.1. The molecule has 1 fully saturated rings. The molecule has 3 rings (SSSR count). The van der Waals surface area contributed by atoms with Crippen molar-refractivity contribution >= 4 is 5.91 Å². The molecule has 0 bridgehead atoms. The maximum Gasteiger partial charge on any atom is 0.289 e. The third-order valence-electron chi connectivity index (χ3n) is 5.16. The van der Waals surface area contributed by atoms with E-state index in [1.54, 1.807) is 6.07 Å². The summed E-state index contributed by atoms with van der Waals surface area (Å²) in [5, 5.41) is 4.44.